The molecule has 0 atom stereocenters. The van der Waals surface area contributed by atoms with Gasteiger partial charge in [0.2, 0.25) is 5.71 Å². The monoisotopic (exact) mass is 336 g/mol. The molecule has 122 valence electrons. The lowest BCUT2D eigenvalue weighted by Gasteiger charge is -2.00. The average molecular weight is 336 g/mol. The van der Waals surface area contributed by atoms with Crippen molar-refractivity contribution in [2.24, 2.45) is 0 Å². The van der Waals surface area contributed by atoms with Crippen LogP contribution in [0.2, 0.25) is 0 Å². The summed E-state index contributed by atoms with van der Waals surface area (Å²) in [5.74, 6) is 0. The number of furan rings is 2. The Kier molecular flexibility index (Phi) is 2.58. The van der Waals surface area contributed by atoms with E-state index in [4.69, 9.17) is 8.83 Å². The van der Waals surface area contributed by atoms with Crippen molar-refractivity contribution >= 4 is 44.0 Å². The Morgan fingerprint density at radius 2 is 1.31 bits per heavy atom. The number of fused-ring (bicyclic) bond motifs is 6. The second kappa shape index (κ2) is 4.92. The van der Waals surface area contributed by atoms with E-state index in [0.717, 1.165) is 49.6 Å². The number of benzene rings is 2. The highest BCUT2D eigenvalue weighted by molar-refractivity contribution is 6.07. The van der Waals surface area contributed by atoms with Gasteiger partial charge in [0.25, 0.3) is 0 Å². The largest absolute Gasteiger partial charge is 0.454 e. The summed E-state index contributed by atoms with van der Waals surface area (Å²) in [6.07, 6.45) is 3.59. The third-order valence-electron chi connectivity index (χ3n) is 4.80. The lowest BCUT2D eigenvalue weighted by Crippen LogP contribution is -1.84. The second-order valence-corrected chi connectivity index (χ2v) is 6.34. The van der Waals surface area contributed by atoms with Crippen molar-refractivity contribution in [2.75, 3.05) is 0 Å². The molecule has 0 saturated carbocycles. The van der Waals surface area contributed by atoms with Crippen molar-refractivity contribution in [1.29, 1.82) is 0 Å². The number of nitrogens with zero attached hydrogens (tertiary/aromatic N) is 2. The first-order valence-electron chi connectivity index (χ1n) is 8.42. The molecule has 0 aliphatic heterocycles. The maximum absolute atomic E-state index is 5.87. The van der Waals surface area contributed by atoms with Crippen LogP contribution in [0.5, 0.6) is 0 Å². The van der Waals surface area contributed by atoms with E-state index in [1.54, 1.807) is 12.4 Å². The molecule has 0 fully saturated rings. The van der Waals surface area contributed by atoms with E-state index >= 15 is 0 Å². The third kappa shape index (κ3) is 1.84. The minimum absolute atomic E-state index is 0.643. The predicted molar refractivity (Wildman–Crippen MR) is 102 cm³/mol. The summed E-state index contributed by atoms with van der Waals surface area (Å²) in [6.45, 7) is 0. The van der Waals surface area contributed by atoms with Crippen LogP contribution >= 0.6 is 0 Å². The standard InChI is InChI=1S/C22H12N2O2/c1-3-7-19-14(5-1)16-10-18(23-12-21(16)25-19)13-9-17-15-6-2-4-8-20(15)26-22(17)24-11-13/h1-12H. The first-order chi connectivity index (χ1) is 12.9. The van der Waals surface area contributed by atoms with Crippen LogP contribution < -0.4 is 0 Å². The fourth-order valence-electron chi connectivity index (χ4n) is 3.54. The molecule has 4 aromatic heterocycles. The third-order valence-corrected chi connectivity index (χ3v) is 4.80. The molecule has 0 spiro atoms. The molecule has 0 bridgehead atoms. The molecular formula is C22H12N2O2. The van der Waals surface area contributed by atoms with Gasteiger partial charge in [-0.15, -0.1) is 0 Å². The highest BCUT2D eigenvalue weighted by atomic mass is 16.3. The zero-order valence-corrected chi connectivity index (χ0v) is 13.6. The number of rotatable bonds is 1. The van der Waals surface area contributed by atoms with Crippen molar-refractivity contribution < 1.29 is 8.83 Å². The second-order valence-electron chi connectivity index (χ2n) is 6.34. The Morgan fingerprint density at radius 3 is 2.15 bits per heavy atom. The fourth-order valence-corrected chi connectivity index (χ4v) is 3.54. The van der Waals surface area contributed by atoms with Gasteiger partial charge in [0.1, 0.15) is 11.2 Å². The van der Waals surface area contributed by atoms with Crippen molar-refractivity contribution in [3.63, 3.8) is 0 Å². The maximum Gasteiger partial charge on any atom is 0.227 e. The summed E-state index contributed by atoms with van der Waals surface area (Å²) in [5.41, 5.74) is 4.97. The highest BCUT2D eigenvalue weighted by Crippen LogP contribution is 2.33. The summed E-state index contributed by atoms with van der Waals surface area (Å²) in [6, 6.07) is 20.2. The van der Waals surface area contributed by atoms with Gasteiger partial charge in [0, 0.05) is 33.3 Å². The van der Waals surface area contributed by atoms with Gasteiger partial charge in [0.05, 0.1) is 11.9 Å². The molecule has 6 aromatic rings. The van der Waals surface area contributed by atoms with Crippen LogP contribution in [-0.4, -0.2) is 9.97 Å². The lowest BCUT2D eigenvalue weighted by molar-refractivity contribution is 0.654. The first kappa shape index (κ1) is 13.6. The van der Waals surface area contributed by atoms with Crippen molar-refractivity contribution in [2.45, 2.75) is 0 Å². The molecule has 6 rings (SSSR count). The van der Waals surface area contributed by atoms with Gasteiger partial charge in [-0.25, -0.2) is 4.98 Å². The molecule has 0 N–H and O–H groups in total. The van der Waals surface area contributed by atoms with Crippen LogP contribution in [0.15, 0.2) is 81.9 Å². The number of para-hydroxylation sites is 2. The van der Waals surface area contributed by atoms with E-state index < -0.39 is 0 Å². The topological polar surface area (TPSA) is 52.1 Å². The molecule has 0 amide bonds. The quantitative estimate of drug-likeness (QED) is 0.373. The molecule has 0 unspecified atom stereocenters. The zero-order chi connectivity index (χ0) is 17.1. The van der Waals surface area contributed by atoms with Gasteiger partial charge in [0.15, 0.2) is 5.58 Å². The van der Waals surface area contributed by atoms with Crippen LogP contribution in [0.3, 0.4) is 0 Å². The minimum Gasteiger partial charge on any atom is -0.454 e. The van der Waals surface area contributed by atoms with E-state index in [9.17, 15) is 0 Å². The van der Waals surface area contributed by atoms with Gasteiger partial charge >= 0.3 is 0 Å². The van der Waals surface area contributed by atoms with E-state index in [-0.39, 0.29) is 0 Å². The first-order valence-corrected chi connectivity index (χ1v) is 8.42. The van der Waals surface area contributed by atoms with Crippen LogP contribution in [0, 0.1) is 0 Å². The minimum atomic E-state index is 0.643. The highest BCUT2D eigenvalue weighted by Gasteiger charge is 2.12. The van der Waals surface area contributed by atoms with Crippen LogP contribution in [-0.2, 0) is 0 Å². The average Bonchev–Trinajstić information content (AvgIpc) is 3.25. The molecule has 4 nitrogen and oxygen atoms in total. The Morgan fingerprint density at radius 1 is 0.577 bits per heavy atom. The summed E-state index contributed by atoms with van der Waals surface area (Å²) in [4.78, 5) is 9.07. The van der Waals surface area contributed by atoms with Crippen molar-refractivity contribution in [3.8, 4) is 11.3 Å². The molecule has 2 aromatic carbocycles. The van der Waals surface area contributed by atoms with E-state index in [0.29, 0.717) is 5.71 Å². The molecule has 0 saturated heterocycles. The van der Waals surface area contributed by atoms with Crippen molar-refractivity contribution in [3.05, 3.63) is 73.1 Å². The number of hydrogen-bond acceptors (Lipinski definition) is 4. The zero-order valence-electron chi connectivity index (χ0n) is 13.6. The SMILES string of the molecule is c1ccc2c(c1)oc1cnc(-c3cnc4oc5ccccc5c4c3)cc12. The molecule has 26 heavy (non-hydrogen) atoms. The molecule has 4 heterocycles. The lowest BCUT2D eigenvalue weighted by atomic mass is 10.1. The summed E-state index contributed by atoms with van der Waals surface area (Å²) in [5, 5.41) is 4.21. The van der Waals surface area contributed by atoms with E-state index in [2.05, 4.69) is 28.2 Å². The number of aromatic nitrogens is 2. The maximum atomic E-state index is 5.87. The number of pyridine rings is 2. The van der Waals surface area contributed by atoms with Crippen LogP contribution in [0.1, 0.15) is 0 Å². The van der Waals surface area contributed by atoms with Gasteiger partial charge in [-0.05, 0) is 24.3 Å². The van der Waals surface area contributed by atoms with Gasteiger partial charge in [-0.3, -0.25) is 4.98 Å². The molecule has 0 aliphatic rings. The Labute approximate surface area is 147 Å². The van der Waals surface area contributed by atoms with Crippen LogP contribution in [0.25, 0.3) is 55.3 Å². The molecule has 0 radical (unpaired) electrons. The smallest absolute Gasteiger partial charge is 0.227 e. The fraction of sp³-hybridized carbons (Fsp3) is 0. The summed E-state index contributed by atoms with van der Waals surface area (Å²) >= 11 is 0. The summed E-state index contributed by atoms with van der Waals surface area (Å²) in [7, 11) is 0. The predicted octanol–water partition coefficient (Wildman–Crippen LogP) is 5.94. The summed E-state index contributed by atoms with van der Waals surface area (Å²) < 4.78 is 11.7. The Hall–Kier alpha value is -3.66. The van der Waals surface area contributed by atoms with Gasteiger partial charge in [-0.1, -0.05) is 36.4 Å². The molecule has 4 heteroatoms. The van der Waals surface area contributed by atoms with Gasteiger partial charge in [-0.2, -0.15) is 0 Å². The van der Waals surface area contributed by atoms with Crippen LogP contribution in [0.4, 0.5) is 0 Å². The Bertz CT molecular complexity index is 1330. The van der Waals surface area contributed by atoms with E-state index in [1.165, 1.54) is 0 Å². The molecular weight excluding hydrogens is 324 g/mol. The normalized spacial score (nSPS) is 11.8. The van der Waals surface area contributed by atoms with Crippen molar-refractivity contribution in [1.82, 2.24) is 9.97 Å². The molecule has 0 aliphatic carbocycles. The van der Waals surface area contributed by atoms with E-state index in [1.807, 2.05) is 42.5 Å². The van der Waals surface area contributed by atoms with Gasteiger partial charge < -0.3 is 8.83 Å². The number of hydrogen-bond donors (Lipinski definition) is 0. The Balaban J connectivity index is 1.61.